The van der Waals surface area contributed by atoms with Crippen LogP contribution in [0.1, 0.15) is 0 Å². The van der Waals surface area contributed by atoms with E-state index >= 15 is 0 Å². The molecule has 0 saturated heterocycles. The molecule has 0 spiro atoms. The van der Waals surface area contributed by atoms with Crippen molar-refractivity contribution in [3.8, 4) is 44.8 Å². The predicted molar refractivity (Wildman–Crippen MR) is 230 cm³/mol. The Morgan fingerprint density at radius 2 is 0.818 bits per heavy atom. The SMILES string of the molecule is c1ccc(-n2c3ccccc3c3c4oc5ccccc5c4c4c(c5ccccc5n4-c4ccc(-c5ccc6c7c(cccc57)-c5ccccc5-6)cc4)c32)cc1. The molecule has 1 aliphatic rings. The van der Waals surface area contributed by atoms with Crippen LogP contribution in [0.2, 0.25) is 0 Å². The first-order valence-electron chi connectivity index (χ1n) is 18.9. The zero-order valence-corrected chi connectivity index (χ0v) is 29.6. The van der Waals surface area contributed by atoms with Crippen LogP contribution in [0, 0.1) is 0 Å². The summed E-state index contributed by atoms with van der Waals surface area (Å²) in [6, 6.07) is 66.2. The van der Waals surface area contributed by atoms with E-state index in [0.717, 1.165) is 60.8 Å². The Labute approximate surface area is 315 Å². The number of fused-ring (bicyclic) bond motifs is 15. The van der Waals surface area contributed by atoms with Crippen molar-refractivity contribution in [2.45, 2.75) is 0 Å². The summed E-state index contributed by atoms with van der Waals surface area (Å²) in [5.74, 6) is 0. The van der Waals surface area contributed by atoms with Crippen LogP contribution in [0.25, 0.3) is 121 Å². The average Bonchev–Trinajstić information content (AvgIpc) is 3.99. The fraction of sp³-hybridized carbons (Fsp3) is 0. The Morgan fingerprint density at radius 1 is 0.309 bits per heavy atom. The van der Waals surface area contributed by atoms with Gasteiger partial charge in [-0.15, -0.1) is 0 Å². The molecule has 0 unspecified atom stereocenters. The van der Waals surface area contributed by atoms with E-state index in [-0.39, 0.29) is 0 Å². The molecule has 0 amide bonds. The summed E-state index contributed by atoms with van der Waals surface area (Å²) >= 11 is 0. The van der Waals surface area contributed by atoms with E-state index in [4.69, 9.17) is 4.42 Å². The van der Waals surface area contributed by atoms with Crippen molar-refractivity contribution < 1.29 is 4.42 Å². The maximum atomic E-state index is 6.96. The van der Waals surface area contributed by atoms with E-state index in [1.807, 2.05) is 0 Å². The van der Waals surface area contributed by atoms with Gasteiger partial charge in [-0.3, -0.25) is 0 Å². The van der Waals surface area contributed by atoms with Gasteiger partial charge in [0.15, 0.2) is 0 Å². The maximum Gasteiger partial charge on any atom is 0.147 e. The van der Waals surface area contributed by atoms with Gasteiger partial charge in [-0.25, -0.2) is 0 Å². The predicted octanol–water partition coefficient (Wildman–Crippen LogP) is 14.2. The lowest BCUT2D eigenvalue weighted by Gasteiger charge is -2.13. The lowest BCUT2D eigenvalue weighted by atomic mass is 9.94. The average molecular weight is 699 g/mol. The second-order valence-electron chi connectivity index (χ2n) is 14.8. The van der Waals surface area contributed by atoms with Crippen LogP contribution < -0.4 is 0 Å². The number of hydrogen-bond donors (Lipinski definition) is 0. The Balaban J connectivity index is 1.14. The topological polar surface area (TPSA) is 23.0 Å². The molecule has 0 saturated carbocycles. The van der Waals surface area contributed by atoms with Crippen molar-refractivity contribution >= 4 is 76.3 Å². The third kappa shape index (κ3) is 3.74. The van der Waals surface area contributed by atoms with E-state index in [1.165, 1.54) is 60.3 Å². The Hall–Kier alpha value is -7.36. The summed E-state index contributed by atoms with van der Waals surface area (Å²) in [6.45, 7) is 0. The Kier molecular flexibility index (Phi) is 5.63. The number of para-hydroxylation sites is 4. The number of rotatable bonds is 3. The first-order valence-corrected chi connectivity index (χ1v) is 18.9. The van der Waals surface area contributed by atoms with Gasteiger partial charge in [0.05, 0.1) is 32.8 Å². The van der Waals surface area contributed by atoms with Gasteiger partial charge in [0, 0.05) is 32.9 Å². The highest BCUT2D eigenvalue weighted by Crippen LogP contribution is 2.51. The maximum absolute atomic E-state index is 6.96. The fourth-order valence-electron chi connectivity index (χ4n) is 9.84. The molecule has 3 aromatic heterocycles. The smallest absolute Gasteiger partial charge is 0.147 e. The number of benzene rings is 9. The van der Waals surface area contributed by atoms with Crippen LogP contribution in [-0.2, 0) is 0 Å². The molecule has 1 aliphatic carbocycles. The van der Waals surface area contributed by atoms with Gasteiger partial charge < -0.3 is 13.6 Å². The largest absolute Gasteiger partial charge is 0.455 e. The fourth-order valence-corrected chi connectivity index (χ4v) is 9.84. The molecule has 9 aromatic carbocycles. The minimum Gasteiger partial charge on any atom is -0.455 e. The standard InChI is InChI=1S/C52H30N2O/c1-2-13-32(14-3-1)53-44-23-10-7-18-41(44)48-50(53)47-40-17-6-9-22-43(40)54(51(47)49-42-19-8-11-24-45(42)55-52(48)49)33-27-25-31(26-28-33)34-29-30-39-36-16-5-4-15-35(36)38-21-12-20-37(34)46(38)39/h1-30H. The molecule has 3 nitrogen and oxygen atoms in total. The van der Waals surface area contributed by atoms with Gasteiger partial charge in [-0.1, -0.05) is 140 Å². The van der Waals surface area contributed by atoms with Gasteiger partial charge in [0.25, 0.3) is 0 Å². The van der Waals surface area contributed by atoms with E-state index in [9.17, 15) is 0 Å². The van der Waals surface area contributed by atoms with Crippen molar-refractivity contribution in [1.82, 2.24) is 9.13 Å². The minimum absolute atomic E-state index is 0.893. The van der Waals surface area contributed by atoms with E-state index in [0.29, 0.717) is 0 Å². The molecule has 0 atom stereocenters. The third-order valence-corrected chi connectivity index (χ3v) is 12.0. The van der Waals surface area contributed by atoms with Gasteiger partial charge >= 0.3 is 0 Å². The zero-order valence-electron chi connectivity index (χ0n) is 29.6. The quantitative estimate of drug-likeness (QED) is 0.180. The van der Waals surface area contributed by atoms with Crippen LogP contribution in [0.4, 0.5) is 0 Å². The molecular weight excluding hydrogens is 669 g/mol. The monoisotopic (exact) mass is 698 g/mol. The molecule has 13 rings (SSSR count). The summed E-state index contributed by atoms with van der Waals surface area (Å²) in [5, 5.41) is 9.66. The molecule has 0 fully saturated rings. The molecule has 3 heterocycles. The normalized spacial score (nSPS) is 12.4. The summed E-state index contributed by atoms with van der Waals surface area (Å²) in [5.41, 5.74) is 16.4. The molecule has 0 radical (unpaired) electrons. The lowest BCUT2D eigenvalue weighted by Crippen LogP contribution is -1.96. The van der Waals surface area contributed by atoms with E-state index in [2.05, 4.69) is 191 Å². The molecule has 0 N–H and O–H groups in total. The zero-order chi connectivity index (χ0) is 35.8. The first kappa shape index (κ1) is 29.1. The highest BCUT2D eigenvalue weighted by atomic mass is 16.3. The van der Waals surface area contributed by atoms with Crippen molar-refractivity contribution in [3.63, 3.8) is 0 Å². The number of hydrogen-bond acceptors (Lipinski definition) is 1. The molecule has 0 aliphatic heterocycles. The number of aromatic nitrogens is 2. The minimum atomic E-state index is 0.893. The van der Waals surface area contributed by atoms with Gasteiger partial charge in [-0.2, -0.15) is 0 Å². The van der Waals surface area contributed by atoms with Crippen LogP contribution >= 0.6 is 0 Å². The summed E-state index contributed by atoms with van der Waals surface area (Å²) < 4.78 is 11.9. The van der Waals surface area contributed by atoms with Gasteiger partial charge in [-0.05, 0) is 86.6 Å². The lowest BCUT2D eigenvalue weighted by molar-refractivity contribution is 0.673. The molecule has 12 aromatic rings. The molecule has 254 valence electrons. The Bertz CT molecular complexity index is 3550. The van der Waals surface area contributed by atoms with Gasteiger partial charge in [0.1, 0.15) is 11.2 Å². The first-order chi connectivity index (χ1) is 27.3. The Morgan fingerprint density at radius 3 is 1.55 bits per heavy atom. The number of furan rings is 1. The van der Waals surface area contributed by atoms with Crippen LogP contribution in [0.15, 0.2) is 186 Å². The van der Waals surface area contributed by atoms with Gasteiger partial charge in [0.2, 0.25) is 0 Å². The molecule has 55 heavy (non-hydrogen) atoms. The van der Waals surface area contributed by atoms with Crippen molar-refractivity contribution in [2.75, 3.05) is 0 Å². The van der Waals surface area contributed by atoms with E-state index in [1.54, 1.807) is 0 Å². The van der Waals surface area contributed by atoms with Crippen molar-refractivity contribution in [2.24, 2.45) is 0 Å². The van der Waals surface area contributed by atoms with Crippen LogP contribution in [0.5, 0.6) is 0 Å². The summed E-state index contributed by atoms with van der Waals surface area (Å²) in [4.78, 5) is 0. The van der Waals surface area contributed by atoms with Crippen molar-refractivity contribution in [1.29, 1.82) is 0 Å². The van der Waals surface area contributed by atoms with E-state index < -0.39 is 0 Å². The summed E-state index contributed by atoms with van der Waals surface area (Å²) in [6.07, 6.45) is 0. The van der Waals surface area contributed by atoms with Crippen molar-refractivity contribution in [3.05, 3.63) is 182 Å². The number of nitrogens with zero attached hydrogens (tertiary/aromatic N) is 2. The van der Waals surface area contributed by atoms with Crippen LogP contribution in [0.3, 0.4) is 0 Å². The molecule has 0 bridgehead atoms. The second kappa shape index (κ2) is 10.6. The van der Waals surface area contributed by atoms with Crippen LogP contribution in [-0.4, -0.2) is 9.13 Å². The molecule has 3 heteroatoms. The molecular formula is C52H30N2O. The highest BCUT2D eigenvalue weighted by Gasteiger charge is 2.28. The second-order valence-corrected chi connectivity index (χ2v) is 14.8. The highest BCUT2D eigenvalue weighted by molar-refractivity contribution is 6.39. The third-order valence-electron chi connectivity index (χ3n) is 12.0. The summed E-state index contributed by atoms with van der Waals surface area (Å²) in [7, 11) is 0.